The van der Waals surface area contributed by atoms with E-state index >= 15 is 0 Å². The normalized spacial score (nSPS) is 11.1. The van der Waals surface area contributed by atoms with Crippen LogP contribution in [0.5, 0.6) is 11.5 Å². The maximum atomic E-state index is 9.77. The van der Waals surface area contributed by atoms with Gasteiger partial charge in [0.2, 0.25) is 5.95 Å². The van der Waals surface area contributed by atoms with Gasteiger partial charge in [0.05, 0.1) is 30.2 Å². The summed E-state index contributed by atoms with van der Waals surface area (Å²) in [6.45, 7) is 1.81. The van der Waals surface area contributed by atoms with Gasteiger partial charge in [0.25, 0.3) is 0 Å². The van der Waals surface area contributed by atoms with Crippen molar-refractivity contribution in [1.29, 1.82) is 0 Å². The first-order chi connectivity index (χ1) is 9.02. The van der Waals surface area contributed by atoms with Gasteiger partial charge in [-0.2, -0.15) is 5.10 Å². The number of halogens is 1. The van der Waals surface area contributed by atoms with Crippen molar-refractivity contribution in [2.24, 2.45) is 5.10 Å². The lowest BCUT2D eigenvalue weighted by Crippen LogP contribution is -1.97. The van der Waals surface area contributed by atoms with Gasteiger partial charge in [-0.05, 0) is 19.1 Å². The van der Waals surface area contributed by atoms with E-state index in [1.165, 1.54) is 18.0 Å². The van der Waals surface area contributed by atoms with Crippen LogP contribution in [0.25, 0.3) is 0 Å². The molecular weight excluding hydrogens is 268 g/mol. The third-order valence-electron chi connectivity index (χ3n) is 2.48. The number of ether oxygens (including phenoxy) is 1. The summed E-state index contributed by atoms with van der Waals surface area (Å²) < 4.78 is 6.38. The molecule has 3 N–H and O–H groups in total. The minimum absolute atomic E-state index is 0.122. The van der Waals surface area contributed by atoms with Crippen LogP contribution in [-0.4, -0.2) is 28.1 Å². The van der Waals surface area contributed by atoms with Crippen LogP contribution in [0.1, 0.15) is 11.3 Å². The highest BCUT2D eigenvalue weighted by Crippen LogP contribution is 2.35. The maximum Gasteiger partial charge on any atom is 0.221 e. The molecule has 0 bridgehead atoms. The number of aromatic nitrogens is 2. The molecule has 0 aliphatic rings. The van der Waals surface area contributed by atoms with Crippen LogP contribution in [-0.2, 0) is 0 Å². The largest absolute Gasteiger partial charge is 0.503 e. The number of imidazole rings is 1. The Labute approximate surface area is 115 Å². The fraction of sp³-hybridized carbons (Fsp3) is 0.167. The zero-order valence-corrected chi connectivity index (χ0v) is 11.2. The molecule has 0 aliphatic heterocycles. The molecule has 2 aromatic rings. The Morgan fingerprint density at radius 1 is 1.53 bits per heavy atom. The molecule has 0 amide bonds. The number of anilines is 1. The number of hydrogen-bond acceptors (Lipinski definition) is 5. The van der Waals surface area contributed by atoms with Crippen molar-refractivity contribution in [2.45, 2.75) is 6.92 Å². The summed E-state index contributed by atoms with van der Waals surface area (Å²) in [5.74, 6) is 0.464. The van der Waals surface area contributed by atoms with Gasteiger partial charge in [0.1, 0.15) is 0 Å². The summed E-state index contributed by atoms with van der Waals surface area (Å²) in [5, 5.41) is 14.1. The molecule has 1 aromatic carbocycles. The van der Waals surface area contributed by atoms with Gasteiger partial charge in [0.15, 0.2) is 11.5 Å². The molecule has 7 heteroatoms. The topological polar surface area (TPSA) is 85.7 Å². The first-order valence-corrected chi connectivity index (χ1v) is 5.82. The number of phenolic OH excluding ortho intramolecular Hbond substituents is 1. The minimum atomic E-state index is -0.122. The highest BCUT2D eigenvalue weighted by atomic mass is 35.5. The molecule has 2 rings (SSSR count). The predicted octanol–water partition coefficient (Wildman–Crippen LogP) is 2.02. The maximum absolute atomic E-state index is 9.77. The Balaban J connectivity index is 2.34. The fourth-order valence-corrected chi connectivity index (χ4v) is 1.75. The number of methoxy groups -OCH3 is 1. The molecule has 0 fully saturated rings. The number of nitrogens with zero attached hydrogens (tertiary/aromatic N) is 3. The van der Waals surface area contributed by atoms with Crippen LogP contribution in [0.3, 0.4) is 0 Å². The minimum Gasteiger partial charge on any atom is -0.503 e. The lowest BCUT2D eigenvalue weighted by molar-refractivity contribution is 0.373. The number of aryl methyl sites for hydroxylation is 1. The van der Waals surface area contributed by atoms with Gasteiger partial charge in [-0.25, -0.2) is 9.66 Å². The quantitative estimate of drug-likeness (QED) is 0.842. The molecule has 0 saturated heterocycles. The summed E-state index contributed by atoms with van der Waals surface area (Å²) in [5.41, 5.74) is 6.96. The molecule has 0 atom stereocenters. The van der Waals surface area contributed by atoms with Gasteiger partial charge in [-0.3, -0.25) is 0 Å². The van der Waals surface area contributed by atoms with E-state index in [1.807, 2.05) is 6.92 Å². The van der Waals surface area contributed by atoms with E-state index in [2.05, 4.69) is 10.1 Å². The average molecular weight is 281 g/mol. The van der Waals surface area contributed by atoms with E-state index in [0.29, 0.717) is 11.3 Å². The van der Waals surface area contributed by atoms with Crippen LogP contribution in [0.15, 0.2) is 23.4 Å². The second kappa shape index (κ2) is 5.19. The van der Waals surface area contributed by atoms with Gasteiger partial charge < -0.3 is 15.6 Å². The third kappa shape index (κ3) is 2.63. The van der Waals surface area contributed by atoms with Crippen molar-refractivity contribution in [3.8, 4) is 11.5 Å². The van der Waals surface area contributed by atoms with Gasteiger partial charge in [-0.15, -0.1) is 0 Å². The Hall–Kier alpha value is -2.21. The van der Waals surface area contributed by atoms with Gasteiger partial charge in [-0.1, -0.05) is 11.6 Å². The number of hydrogen-bond donors (Lipinski definition) is 2. The van der Waals surface area contributed by atoms with E-state index in [1.54, 1.807) is 18.3 Å². The summed E-state index contributed by atoms with van der Waals surface area (Å²) >= 11 is 6.01. The smallest absolute Gasteiger partial charge is 0.221 e. The molecule has 1 aromatic heterocycles. The third-order valence-corrected chi connectivity index (χ3v) is 2.88. The van der Waals surface area contributed by atoms with Crippen molar-refractivity contribution < 1.29 is 9.84 Å². The second-order valence-electron chi connectivity index (χ2n) is 3.85. The van der Waals surface area contributed by atoms with Gasteiger partial charge >= 0.3 is 0 Å². The van der Waals surface area contributed by atoms with E-state index in [0.717, 1.165) is 5.69 Å². The van der Waals surface area contributed by atoms with Crippen molar-refractivity contribution >= 4 is 23.8 Å². The summed E-state index contributed by atoms with van der Waals surface area (Å²) in [4.78, 5) is 4.02. The summed E-state index contributed by atoms with van der Waals surface area (Å²) in [6.07, 6.45) is 3.17. The Morgan fingerprint density at radius 2 is 2.26 bits per heavy atom. The first-order valence-electron chi connectivity index (χ1n) is 5.44. The zero-order valence-electron chi connectivity index (χ0n) is 10.5. The summed E-state index contributed by atoms with van der Waals surface area (Å²) in [7, 11) is 1.45. The van der Waals surface area contributed by atoms with Gasteiger partial charge in [0, 0.05) is 5.56 Å². The lowest BCUT2D eigenvalue weighted by Gasteiger charge is -2.06. The first kappa shape index (κ1) is 13.2. The molecule has 0 radical (unpaired) electrons. The summed E-state index contributed by atoms with van der Waals surface area (Å²) in [6, 6.07) is 3.29. The number of benzene rings is 1. The van der Waals surface area contributed by atoms with Crippen molar-refractivity contribution in [3.63, 3.8) is 0 Å². The zero-order chi connectivity index (χ0) is 14.0. The molecule has 0 aliphatic carbocycles. The highest BCUT2D eigenvalue weighted by molar-refractivity contribution is 6.34. The number of rotatable bonds is 3. The van der Waals surface area contributed by atoms with E-state index in [-0.39, 0.29) is 16.7 Å². The van der Waals surface area contributed by atoms with Crippen LogP contribution < -0.4 is 10.5 Å². The molecule has 6 nitrogen and oxygen atoms in total. The predicted molar refractivity (Wildman–Crippen MR) is 74.0 cm³/mol. The van der Waals surface area contributed by atoms with Crippen molar-refractivity contribution in [3.05, 3.63) is 34.6 Å². The molecule has 19 heavy (non-hydrogen) atoms. The van der Waals surface area contributed by atoms with Crippen LogP contribution in [0, 0.1) is 6.92 Å². The second-order valence-corrected chi connectivity index (χ2v) is 4.23. The lowest BCUT2D eigenvalue weighted by atomic mass is 10.2. The SMILES string of the molecule is COc1ccc(C=Nn2cc(C)nc2N)c(Cl)c1O. The molecule has 1 heterocycles. The van der Waals surface area contributed by atoms with Crippen molar-refractivity contribution in [1.82, 2.24) is 9.66 Å². The Bertz CT molecular complexity index is 637. The molecule has 0 saturated carbocycles. The Kier molecular flexibility index (Phi) is 3.62. The fourth-order valence-electron chi connectivity index (χ4n) is 1.55. The number of phenols is 1. The highest BCUT2D eigenvalue weighted by Gasteiger charge is 2.10. The number of aromatic hydroxyl groups is 1. The van der Waals surface area contributed by atoms with E-state index in [9.17, 15) is 5.11 Å². The van der Waals surface area contributed by atoms with Crippen molar-refractivity contribution in [2.75, 3.05) is 12.8 Å². The van der Waals surface area contributed by atoms with E-state index < -0.39 is 0 Å². The number of nitrogen functional groups attached to an aromatic ring is 1. The van der Waals surface area contributed by atoms with Crippen LogP contribution >= 0.6 is 11.6 Å². The molecule has 0 unspecified atom stereocenters. The monoisotopic (exact) mass is 280 g/mol. The molecule has 0 spiro atoms. The number of nitrogens with two attached hydrogens (primary N) is 1. The molecule has 100 valence electrons. The molecular formula is C12H13ClN4O2. The van der Waals surface area contributed by atoms with Crippen LogP contribution in [0.2, 0.25) is 5.02 Å². The Morgan fingerprint density at radius 3 is 2.84 bits per heavy atom. The van der Waals surface area contributed by atoms with Crippen LogP contribution in [0.4, 0.5) is 5.95 Å². The standard InChI is InChI=1S/C12H13ClN4O2/c1-7-6-17(12(14)16-7)15-5-8-3-4-9(19-2)11(18)10(8)13/h3-6,18H,1-2H3,(H2,14,16). The van der Waals surface area contributed by atoms with E-state index in [4.69, 9.17) is 22.1 Å². The average Bonchev–Trinajstić information content (AvgIpc) is 2.70.